The summed E-state index contributed by atoms with van der Waals surface area (Å²) in [6.07, 6.45) is 0.0831. The molecule has 0 N–H and O–H groups in total. The molecule has 148 valence electrons. The highest BCUT2D eigenvalue weighted by Gasteiger charge is 2.37. The van der Waals surface area contributed by atoms with E-state index in [4.69, 9.17) is 4.74 Å². The number of ether oxygens (including phenoxy) is 1. The molecule has 7 nitrogen and oxygen atoms in total. The van der Waals surface area contributed by atoms with Crippen molar-refractivity contribution in [1.29, 1.82) is 0 Å². The van der Waals surface area contributed by atoms with Crippen molar-refractivity contribution in [2.45, 2.75) is 13.3 Å². The summed E-state index contributed by atoms with van der Waals surface area (Å²) in [6.45, 7) is 2.11. The number of aryl methyl sites for hydroxylation is 1. The number of benzene rings is 2. The van der Waals surface area contributed by atoms with Crippen LogP contribution in [0.2, 0.25) is 0 Å². The largest absolute Gasteiger partial charge is 0.464 e. The maximum atomic E-state index is 12.4. The highest BCUT2D eigenvalue weighted by atomic mass is 16.5. The molecule has 2 aliphatic rings. The molecule has 1 fully saturated rings. The Morgan fingerprint density at radius 2 is 1.62 bits per heavy atom. The molecule has 1 atom stereocenters. The van der Waals surface area contributed by atoms with E-state index in [9.17, 15) is 19.2 Å². The van der Waals surface area contributed by atoms with E-state index in [0.717, 1.165) is 16.2 Å². The van der Waals surface area contributed by atoms with Crippen molar-refractivity contribution in [2.75, 3.05) is 24.6 Å². The lowest BCUT2D eigenvalue weighted by Crippen LogP contribution is -2.34. The van der Waals surface area contributed by atoms with E-state index in [1.807, 2.05) is 31.2 Å². The lowest BCUT2D eigenvalue weighted by Gasteiger charge is -2.17. The van der Waals surface area contributed by atoms with Gasteiger partial charge in [-0.25, -0.2) is 0 Å². The minimum absolute atomic E-state index is 0.0135. The van der Waals surface area contributed by atoms with Crippen molar-refractivity contribution in [3.8, 4) is 0 Å². The number of esters is 1. The second kappa shape index (κ2) is 7.50. The van der Waals surface area contributed by atoms with E-state index in [-0.39, 0.29) is 43.8 Å². The highest BCUT2D eigenvalue weighted by molar-refractivity contribution is 6.21. The van der Waals surface area contributed by atoms with E-state index in [0.29, 0.717) is 11.1 Å². The van der Waals surface area contributed by atoms with E-state index in [2.05, 4.69) is 0 Å². The molecule has 2 aliphatic heterocycles. The number of fused-ring (bicyclic) bond motifs is 1. The third-order valence-corrected chi connectivity index (χ3v) is 5.24. The van der Waals surface area contributed by atoms with Crippen molar-refractivity contribution < 1.29 is 23.9 Å². The van der Waals surface area contributed by atoms with Crippen LogP contribution in [0.15, 0.2) is 48.5 Å². The first kappa shape index (κ1) is 18.9. The Kier molecular flexibility index (Phi) is 4.88. The Morgan fingerprint density at radius 1 is 1.00 bits per heavy atom. The maximum Gasteiger partial charge on any atom is 0.311 e. The number of carbonyl (C=O) groups excluding carboxylic acids is 4. The normalized spacial score (nSPS) is 18.4. The zero-order chi connectivity index (χ0) is 20.5. The van der Waals surface area contributed by atoms with E-state index >= 15 is 0 Å². The molecule has 0 saturated carbocycles. The van der Waals surface area contributed by atoms with Gasteiger partial charge >= 0.3 is 5.97 Å². The average molecular weight is 392 g/mol. The Balaban J connectivity index is 1.32. The molecular formula is C22H20N2O5. The Labute approximate surface area is 167 Å². The summed E-state index contributed by atoms with van der Waals surface area (Å²) in [5.41, 5.74) is 2.56. The predicted octanol–water partition coefficient (Wildman–Crippen LogP) is 2.19. The first-order chi connectivity index (χ1) is 14.0. The molecular weight excluding hydrogens is 372 g/mol. The van der Waals surface area contributed by atoms with E-state index in [1.54, 1.807) is 29.2 Å². The number of hydrogen-bond acceptors (Lipinski definition) is 5. The van der Waals surface area contributed by atoms with Gasteiger partial charge in [-0.2, -0.15) is 0 Å². The molecule has 0 spiro atoms. The van der Waals surface area contributed by atoms with Crippen LogP contribution >= 0.6 is 0 Å². The van der Waals surface area contributed by atoms with Crippen LogP contribution in [-0.4, -0.2) is 48.3 Å². The molecule has 0 unspecified atom stereocenters. The Hall–Kier alpha value is -3.48. The topological polar surface area (TPSA) is 84.0 Å². The van der Waals surface area contributed by atoms with Gasteiger partial charge in [-0.1, -0.05) is 29.8 Å². The van der Waals surface area contributed by atoms with Crippen molar-refractivity contribution in [3.63, 3.8) is 0 Å². The molecule has 4 rings (SSSR count). The Bertz CT molecular complexity index is 964. The molecule has 2 aromatic rings. The van der Waals surface area contributed by atoms with Gasteiger partial charge in [-0.3, -0.25) is 24.1 Å². The van der Waals surface area contributed by atoms with Crippen molar-refractivity contribution in [2.24, 2.45) is 5.92 Å². The van der Waals surface area contributed by atoms with Crippen LogP contribution < -0.4 is 4.90 Å². The second-order valence-corrected chi connectivity index (χ2v) is 7.22. The minimum Gasteiger partial charge on any atom is -0.464 e. The predicted molar refractivity (Wildman–Crippen MR) is 104 cm³/mol. The van der Waals surface area contributed by atoms with E-state index in [1.165, 1.54) is 0 Å². The number of carbonyl (C=O) groups is 4. The summed E-state index contributed by atoms with van der Waals surface area (Å²) in [6, 6.07) is 14.1. The summed E-state index contributed by atoms with van der Waals surface area (Å²) in [7, 11) is 0. The maximum absolute atomic E-state index is 12.4. The lowest BCUT2D eigenvalue weighted by molar-refractivity contribution is -0.148. The van der Waals surface area contributed by atoms with Gasteiger partial charge in [0, 0.05) is 18.7 Å². The lowest BCUT2D eigenvalue weighted by atomic mass is 10.1. The average Bonchev–Trinajstić information content (AvgIpc) is 3.22. The van der Waals surface area contributed by atoms with Crippen molar-refractivity contribution >= 4 is 29.4 Å². The number of nitrogens with zero attached hydrogens (tertiary/aromatic N) is 2. The quantitative estimate of drug-likeness (QED) is 0.575. The summed E-state index contributed by atoms with van der Waals surface area (Å²) < 4.78 is 5.27. The highest BCUT2D eigenvalue weighted by Crippen LogP contribution is 2.26. The first-order valence-corrected chi connectivity index (χ1v) is 9.44. The van der Waals surface area contributed by atoms with E-state index < -0.39 is 11.9 Å². The number of rotatable bonds is 5. The number of hydrogen-bond donors (Lipinski definition) is 0. The van der Waals surface area contributed by atoms with Crippen LogP contribution in [0.5, 0.6) is 0 Å². The Morgan fingerprint density at radius 3 is 2.24 bits per heavy atom. The molecule has 2 heterocycles. The van der Waals surface area contributed by atoms with Crippen LogP contribution in [0, 0.1) is 12.8 Å². The van der Waals surface area contributed by atoms with Gasteiger partial charge in [0.15, 0.2) is 0 Å². The van der Waals surface area contributed by atoms with Gasteiger partial charge in [-0.05, 0) is 31.2 Å². The SMILES string of the molecule is Cc1ccc(N2C[C@H](C(=O)OCCN3C(=O)c4ccccc4C3=O)CC2=O)cc1. The molecule has 7 heteroatoms. The van der Waals surface area contributed by atoms with Gasteiger partial charge < -0.3 is 9.64 Å². The first-order valence-electron chi connectivity index (χ1n) is 9.44. The fourth-order valence-corrected chi connectivity index (χ4v) is 3.64. The summed E-state index contributed by atoms with van der Waals surface area (Å²) in [5.74, 6) is -1.96. The summed E-state index contributed by atoms with van der Waals surface area (Å²) >= 11 is 0. The van der Waals surface area contributed by atoms with Crippen LogP contribution in [0.25, 0.3) is 0 Å². The zero-order valence-electron chi connectivity index (χ0n) is 16.0. The second-order valence-electron chi connectivity index (χ2n) is 7.22. The molecule has 1 saturated heterocycles. The van der Waals surface area contributed by atoms with Gasteiger partial charge in [-0.15, -0.1) is 0 Å². The van der Waals surface area contributed by atoms with Crippen LogP contribution in [0.4, 0.5) is 5.69 Å². The summed E-state index contributed by atoms with van der Waals surface area (Å²) in [5, 5.41) is 0. The molecule has 29 heavy (non-hydrogen) atoms. The van der Waals surface area contributed by atoms with Gasteiger partial charge in [0.25, 0.3) is 11.8 Å². The van der Waals surface area contributed by atoms with Crippen molar-refractivity contribution in [3.05, 3.63) is 65.2 Å². The third-order valence-electron chi connectivity index (χ3n) is 5.24. The number of anilines is 1. The van der Waals surface area contributed by atoms with Gasteiger partial charge in [0.05, 0.1) is 23.6 Å². The zero-order valence-corrected chi connectivity index (χ0v) is 16.0. The minimum atomic E-state index is -0.564. The smallest absolute Gasteiger partial charge is 0.311 e. The van der Waals surface area contributed by atoms with Gasteiger partial charge in [0.2, 0.25) is 5.91 Å². The van der Waals surface area contributed by atoms with Gasteiger partial charge in [0.1, 0.15) is 6.61 Å². The molecule has 0 aromatic heterocycles. The number of imide groups is 1. The molecule has 0 bridgehead atoms. The van der Waals surface area contributed by atoms with Crippen LogP contribution in [0.1, 0.15) is 32.7 Å². The van der Waals surface area contributed by atoms with Crippen LogP contribution in [0.3, 0.4) is 0 Å². The van der Waals surface area contributed by atoms with Crippen molar-refractivity contribution in [1.82, 2.24) is 4.90 Å². The fraction of sp³-hybridized carbons (Fsp3) is 0.273. The van der Waals surface area contributed by atoms with Crippen LogP contribution in [-0.2, 0) is 14.3 Å². The molecule has 0 radical (unpaired) electrons. The standard InChI is InChI=1S/C22H20N2O5/c1-14-6-8-16(9-7-14)24-13-15(12-19(24)25)22(28)29-11-10-23-20(26)17-4-2-3-5-18(17)21(23)27/h2-9,15H,10-13H2,1H3/t15-/m1/s1. The fourth-order valence-electron chi connectivity index (χ4n) is 3.64. The third kappa shape index (κ3) is 3.51. The number of amides is 3. The molecule has 0 aliphatic carbocycles. The molecule has 2 aromatic carbocycles. The monoisotopic (exact) mass is 392 g/mol. The summed E-state index contributed by atoms with van der Waals surface area (Å²) in [4.78, 5) is 52.0. The molecule has 3 amide bonds.